The number of guanidine groups is 1. The van der Waals surface area contributed by atoms with Crippen LogP contribution in [0.3, 0.4) is 0 Å². The standard InChI is InChI=1S/C18H33N5S/c1-13(2)11-23-8-6-7-15(23)9-20-18(19-5)21-10-17-22-16(12-24-17)14(3)4/h12-15H,6-11H2,1-5H3,(H2,19,20,21)/t15-/m1/s1. The van der Waals surface area contributed by atoms with Gasteiger partial charge in [-0.05, 0) is 31.2 Å². The Hall–Kier alpha value is -1.14. The van der Waals surface area contributed by atoms with Crippen molar-refractivity contribution in [1.82, 2.24) is 20.5 Å². The van der Waals surface area contributed by atoms with Crippen LogP contribution in [-0.2, 0) is 6.54 Å². The van der Waals surface area contributed by atoms with Crippen LogP contribution in [0.2, 0.25) is 0 Å². The molecule has 1 saturated heterocycles. The number of hydrogen-bond donors (Lipinski definition) is 2. The van der Waals surface area contributed by atoms with Crippen LogP contribution in [0.15, 0.2) is 10.4 Å². The Morgan fingerprint density at radius 3 is 2.79 bits per heavy atom. The molecule has 1 aromatic rings. The van der Waals surface area contributed by atoms with Crippen LogP contribution in [0.25, 0.3) is 0 Å². The molecule has 2 N–H and O–H groups in total. The number of aromatic nitrogens is 1. The van der Waals surface area contributed by atoms with Gasteiger partial charge < -0.3 is 10.6 Å². The molecule has 1 aliphatic rings. The molecule has 136 valence electrons. The van der Waals surface area contributed by atoms with Gasteiger partial charge in [-0.15, -0.1) is 11.3 Å². The molecule has 24 heavy (non-hydrogen) atoms. The molecule has 0 amide bonds. The van der Waals surface area contributed by atoms with Gasteiger partial charge in [0.2, 0.25) is 0 Å². The van der Waals surface area contributed by atoms with Crippen molar-refractivity contribution in [2.45, 2.75) is 59.0 Å². The van der Waals surface area contributed by atoms with Gasteiger partial charge in [0.15, 0.2) is 5.96 Å². The van der Waals surface area contributed by atoms with E-state index in [0.29, 0.717) is 12.0 Å². The first kappa shape index (κ1) is 19.2. The van der Waals surface area contributed by atoms with Gasteiger partial charge in [-0.3, -0.25) is 9.89 Å². The summed E-state index contributed by atoms with van der Waals surface area (Å²) in [5, 5.41) is 10.1. The molecule has 0 bridgehead atoms. The number of hydrogen-bond acceptors (Lipinski definition) is 4. The van der Waals surface area contributed by atoms with Crippen LogP contribution in [0.4, 0.5) is 0 Å². The van der Waals surface area contributed by atoms with Gasteiger partial charge in [-0.25, -0.2) is 4.98 Å². The topological polar surface area (TPSA) is 52.6 Å². The fraction of sp³-hybridized carbons (Fsp3) is 0.778. The fourth-order valence-electron chi connectivity index (χ4n) is 3.10. The molecule has 1 atom stereocenters. The lowest BCUT2D eigenvalue weighted by Crippen LogP contribution is -2.45. The Morgan fingerprint density at radius 1 is 1.38 bits per heavy atom. The molecule has 1 aromatic heterocycles. The maximum absolute atomic E-state index is 4.66. The zero-order chi connectivity index (χ0) is 17.5. The van der Waals surface area contributed by atoms with Crippen LogP contribution < -0.4 is 10.6 Å². The smallest absolute Gasteiger partial charge is 0.191 e. The van der Waals surface area contributed by atoms with Gasteiger partial charge >= 0.3 is 0 Å². The molecular formula is C18H33N5S. The Morgan fingerprint density at radius 2 is 2.17 bits per heavy atom. The minimum atomic E-state index is 0.488. The van der Waals surface area contributed by atoms with Crippen molar-refractivity contribution in [3.63, 3.8) is 0 Å². The minimum absolute atomic E-state index is 0.488. The van der Waals surface area contributed by atoms with Crippen molar-refractivity contribution < 1.29 is 0 Å². The van der Waals surface area contributed by atoms with Gasteiger partial charge in [0.1, 0.15) is 5.01 Å². The fourth-order valence-corrected chi connectivity index (χ4v) is 4.00. The van der Waals surface area contributed by atoms with Gasteiger partial charge in [0.25, 0.3) is 0 Å². The van der Waals surface area contributed by atoms with Gasteiger partial charge in [-0.1, -0.05) is 27.7 Å². The summed E-state index contributed by atoms with van der Waals surface area (Å²) in [7, 11) is 1.83. The monoisotopic (exact) mass is 351 g/mol. The summed E-state index contributed by atoms with van der Waals surface area (Å²) in [4.78, 5) is 11.6. The second kappa shape index (κ2) is 9.37. The zero-order valence-electron chi connectivity index (χ0n) is 15.8. The predicted molar refractivity (Wildman–Crippen MR) is 104 cm³/mol. The van der Waals surface area contributed by atoms with Crippen molar-refractivity contribution in [3.8, 4) is 0 Å². The SMILES string of the molecule is CN=C(NCc1nc(C(C)C)cs1)NC[C@H]1CCCN1CC(C)C. The molecule has 2 rings (SSSR count). The number of aliphatic imine (C=N–C) groups is 1. The number of nitrogens with one attached hydrogen (secondary N) is 2. The van der Waals surface area contributed by atoms with E-state index < -0.39 is 0 Å². The average molecular weight is 352 g/mol. The Bertz CT molecular complexity index is 523. The molecule has 0 radical (unpaired) electrons. The normalized spacial score (nSPS) is 19.5. The third kappa shape index (κ3) is 5.74. The number of rotatable bonds is 7. The predicted octanol–water partition coefficient (Wildman–Crippen LogP) is 3.05. The lowest BCUT2D eigenvalue weighted by atomic mass is 10.1. The number of nitrogens with zero attached hydrogens (tertiary/aromatic N) is 3. The summed E-state index contributed by atoms with van der Waals surface area (Å²) in [5.74, 6) is 2.08. The Labute approximate surface area is 151 Å². The maximum Gasteiger partial charge on any atom is 0.191 e. The molecule has 6 heteroatoms. The first-order valence-corrected chi connectivity index (χ1v) is 10.0. The Kier molecular flexibility index (Phi) is 7.49. The van der Waals surface area contributed by atoms with Crippen molar-refractivity contribution in [1.29, 1.82) is 0 Å². The third-order valence-corrected chi connectivity index (χ3v) is 5.26. The second-order valence-electron chi connectivity index (χ2n) is 7.31. The molecule has 0 spiro atoms. The van der Waals surface area contributed by atoms with E-state index in [4.69, 9.17) is 0 Å². The van der Waals surface area contributed by atoms with Crippen LogP contribution in [0.5, 0.6) is 0 Å². The van der Waals surface area contributed by atoms with Crippen molar-refractivity contribution >= 4 is 17.3 Å². The highest BCUT2D eigenvalue weighted by Gasteiger charge is 2.24. The average Bonchev–Trinajstić information content (AvgIpc) is 3.16. The van der Waals surface area contributed by atoms with Crippen molar-refractivity contribution in [2.75, 3.05) is 26.7 Å². The summed E-state index contributed by atoms with van der Waals surface area (Å²) >= 11 is 1.72. The van der Waals surface area contributed by atoms with Gasteiger partial charge in [0.05, 0.1) is 12.2 Å². The van der Waals surface area contributed by atoms with E-state index in [2.05, 4.69) is 58.6 Å². The molecular weight excluding hydrogens is 318 g/mol. The zero-order valence-corrected chi connectivity index (χ0v) is 16.6. The van der Waals surface area contributed by atoms with Crippen LogP contribution in [0.1, 0.15) is 57.2 Å². The highest BCUT2D eigenvalue weighted by molar-refractivity contribution is 7.09. The van der Waals surface area contributed by atoms with E-state index in [1.54, 1.807) is 11.3 Å². The van der Waals surface area contributed by atoms with E-state index in [0.717, 1.165) is 30.0 Å². The van der Waals surface area contributed by atoms with E-state index in [9.17, 15) is 0 Å². The molecule has 0 unspecified atom stereocenters. The molecule has 0 aliphatic carbocycles. The quantitative estimate of drug-likeness (QED) is 0.586. The molecule has 0 saturated carbocycles. The maximum atomic E-state index is 4.66. The summed E-state index contributed by atoms with van der Waals surface area (Å²) in [6.45, 7) is 13.1. The largest absolute Gasteiger partial charge is 0.355 e. The molecule has 0 aromatic carbocycles. The van der Waals surface area contributed by atoms with Crippen LogP contribution >= 0.6 is 11.3 Å². The van der Waals surface area contributed by atoms with Gasteiger partial charge in [-0.2, -0.15) is 0 Å². The van der Waals surface area contributed by atoms with Crippen molar-refractivity contribution in [2.24, 2.45) is 10.9 Å². The molecule has 1 fully saturated rings. The number of likely N-dealkylation sites (tertiary alicyclic amines) is 1. The highest BCUT2D eigenvalue weighted by atomic mass is 32.1. The summed E-state index contributed by atoms with van der Waals surface area (Å²) in [6.07, 6.45) is 2.59. The summed E-state index contributed by atoms with van der Waals surface area (Å²) in [6, 6.07) is 0.623. The molecule has 5 nitrogen and oxygen atoms in total. The first-order chi connectivity index (χ1) is 11.5. The van der Waals surface area contributed by atoms with Crippen LogP contribution in [0, 0.1) is 5.92 Å². The van der Waals surface area contributed by atoms with Crippen molar-refractivity contribution in [3.05, 3.63) is 16.1 Å². The molecule has 1 aliphatic heterocycles. The third-order valence-electron chi connectivity index (χ3n) is 4.40. The van der Waals surface area contributed by atoms with E-state index in [-0.39, 0.29) is 0 Å². The second-order valence-corrected chi connectivity index (χ2v) is 8.25. The van der Waals surface area contributed by atoms with E-state index in [1.165, 1.54) is 31.6 Å². The first-order valence-electron chi connectivity index (χ1n) is 9.12. The number of thiazole rings is 1. The summed E-state index contributed by atoms with van der Waals surface area (Å²) in [5.41, 5.74) is 1.18. The van der Waals surface area contributed by atoms with Gasteiger partial charge in [0, 0.05) is 31.6 Å². The van der Waals surface area contributed by atoms with E-state index in [1.807, 2.05) is 7.05 Å². The van der Waals surface area contributed by atoms with E-state index >= 15 is 0 Å². The highest BCUT2D eigenvalue weighted by Crippen LogP contribution is 2.18. The Balaban J connectivity index is 1.77. The molecule has 2 heterocycles. The summed E-state index contributed by atoms with van der Waals surface area (Å²) < 4.78 is 0. The lowest BCUT2D eigenvalue weighted by Gasteiger charge is -2.26. The lowest BCUT2D eigenvalue weighted by molar-refractivity contribution is 0.226. The van der Waals surface area contributed by atoms with Crippen LogP contribution in [-0.4, -0.2) is 48.6 Å². The minimum Gasteiger partial charge on any atom is -0.355 e.